The summed E-state index contributed by atoms with van der Waals surface area (Å²) < 4.78 is 0. The van der Waals surface area contributed by atoms with Crippen LogP contribution in [0.25, 0.3) is 16.9 Å². The summed E-state index contributed by atoms with van der Waals surface area (Å²) in [5.41, 5.74) is 1.91. The standard InChI is InChI=1S/C21H25N7O/c1-13-22-26-28(25-13)16-5-6-18(20(29)12-16)19-7-8-21(24-23-19)27(2)17-10-14-3-4-15(9-14)11-17/h5-8,12,14-15,17,29H,3-4,9-11H2,1-2H3/t14-,15+,17?. The third kappa shape index (κ3) is 3.43. The number of aryl methyl sites for hydroxylation is 1. The second kappa shape index (κ2) is 7.09. The van der Waals surface area contributed by atoms with Crippen molar-refractivity contribution in [2.45, 2.75) is 45.1 Å². The first kappa shape index (κ1) is 18.0. The molecule has 0 spiro atoms. The lowest BCUT2D eigenvalue weighted by atomic mass is 9.85. The quantitative estimate of drug-likeness (QED) is 0.730. The largest absolute Gasteiger partial charge is 0.507 e. The highest BCUT2D eigenvalue weighted by atomic mass is 16.3. The molecule has 2 heterocycles. The van der Waals surface area contributed by atoms with Crippen molar-refractivity contribution in [1.29, 1.82) is 0 Å². The van der Waals surface area contributed by atoms with Gasteiger partial charge in [-0.05, 0) is 67.5 Å². The number of aromatic nitrogens is 6. The van der Waals surface area contributed by atoms with Crippen molar-refractivity contribution in [2.24, 2.45) is 11.8 Å². The molecule has 150 valence electrons. The van der Waals surface area contributed by atoms with Crippen molar-refractivity contribution in [3.8, 4) is 22.7 Å². The zero-order valence-corrected chi connectivity index (χ0v) is 16.7. The molecule has 2 aliphatic carbocycles. The van der Waals surface area contributed by atoms with E-state index in [1.807, 2.05) is 18.2 Å². The molecule has 1 unspecified atom stereocenters. The summed E-state index contributed by atoms with van der Waals surface area (Å²) in [4.78, 5) is 3.67. The molecule has 2 fully saturated rings. The fourth-order valence-corrected chi connectivity index (χ4v) is 4.89. The fraction of sp³-hybridized carbons (Fsp3) is 0.476. The summed E-state index contributed by atoms with van der Waals surface area (Å²) in [7, 11) is 2.12. The topological polar surface area (TPSA) is 92.9 Å². The highest BCUT2D eigenvalue weighted by Gasteiger charge is 2.36. The van der Waals surface area contributed by atoms with Crippen LogP contribution in [0, 0.1) is 18.8 Å². The summed E-state index contributed by atoms with van der Waals surface area (Å²) in [5, 5.41) is 31.3. The number of rotatable bonds is 4. The van der Waals surface area contributed by atoms with Gasteiger partial charge in [-0.2, -0.15) is 0 Å². The maximum atomic E-state index is 10.5. The van der Waals surface area contributed by atoms with Gasteiger partial charge in [0.1, 0.15) is 5.75 Å². The number of phenols is 1. The molecule has 0 amide bonds. The molecule has 3 atom stereocenters. The predicted octanol–water partition coefficient (Wildman–Crippen LogP) is 3.15. The van der Waals surface area contributed by atoms with E-state index in [9.17, 15) is 5.11 Å². The van der Waals surface area contributed by atoms with Crippen LogP contribution in [-0.4, -0.2) is 48.6 Å². The normalized spacial score (nSPS) is 23.3. The van der Waals surface area contributed by atoms with Gasteiger partial charge in [0, 0.05) is 24.7 Å². The maximum absolute atomic E-state index is 10.5. The molecule has 0 saturated heterocycles. The van der Waals surface area contributed by atoms with E-state index in [4.69, 9.17) is 0 Å². The van der Waals surface area contributed by atoms with Crippen LogP contribution in [0.2, 0.25) is 0 Å². The lowest BCUT2D eigenvalue weighted by Gasteiger charge is -2.35. The van der Waals surface area contributed by atoms with Crippen molar-refractivity contribution in [1.82, 2.24) is 30.4 Å². The van der Waals surface area contributed by atoms with E-state index in [1.54, 1.807) is 19.1 Å². The van der Waals surface area contributed by atoms with Crippen molar-refractivity contribution in [2.75, 3.05) is 11.9 Å². The van der Waals surface area contributed by atoms with Crippen molar-refractivity contribution in [3.05, 3.63) is 36.2 Å². The van der Waals surface area contributed by atoms with Crippen LogP contribution in [0.3, 0.4) is 0 Å². The van der Waals surface area contributed by atoms with Gasteiger partial charge in [-0.15, -0.1) is 25.2 Å². The summed E-state index contributed by atoms with van der Waals surface area (Å²) in [6.07, 6.45) is 6.70. The van der Waals surface area contributed by atoms with Crippen LogP contribution in [0.4, 0.5) is 5.82 Å². The van der Waals surface area contributed by atoms with Crippen LogP contribution in [0.1, 0.15) is 37.9 Å². The molecule has 5 rings (SSSR count). The smallest absolute Gasteiger partial charge is 0.172 e. The SMILES string of the molecule is Cc1nnn(-c2ccc(-c3ccc(N(C)C4C[C@H]5CC[C@@H](C4)C5)nn3)c(O)c2)n1. The minimum atomic E-state index is 0.108. The third-order valence-corrected chi connectivity index (χ3v) is 6.42. The Balaban J connectivity index is 1.34. The average Bonchev–Trinajstić information content (AvgIpc) is 3.32. The molecule has 1 N–H and O–H groups in total. The first-order valence-corrected chi connectivity index (χ1v) is 10.2. The number of hydrogen-bond acceptors (Lipinski definition) is 7. The van der Waals surface area contributed by atoms with Crippen LogP contribution in [0.15, 0.2) is 30.3 Å². The number of tetrazole rings is 1. The molecule has 8 heteroatoms. The summed E-state index contributed by atoms with van der Waals surface area (Å²) in [6.45, 7) is 1.77. The number of benzene rings is 1. The van der Waals surface area contributed by atoms with Crippen LogP contribution < -0.4 is 4.90 Å². The Labute approximate surface area is 169 Å². The van der Waals surface area contributed by atoms with Crippen molar-refractivity contribution in [3.63, 3.8) is 0 Å². The van der Waals surface area contributed by atoms with Crippen molar-refractivity contribution < 1.29 is 5.11 Å². The van der Waals surface area contributed by atoms with Gasteiger partial charge in [0.05, 0.1) is 11.4 Å². The van der Waals surface area contributed by atoms with E-state index in [0.717, 1.165) is 17.7 Å². The number of anilines is 1. The Morgan fingerprint density at radius 2 is 1.79 bits per heavy atom. The molecule has 29 heavy (non-hydrogen) atoms. The van der Waals surface area contributed by atoms with E-state index in [-0.39, 0.29) is 5.75 Å². The van der Waals surface area contributed by atoms with Gasteiger partial charge < -0.3 is 10.0 Å². The van der Waals surface area contributed by atoms with Gasteiger partial charge in [-0.3, -0.25) is 0 Å². The number of aromatic hydroxyl groups is 1. The summed E-state index contributed by atoms with van der Waals surface area (Å²) in [5.74, 6) is 3.33. The molecule has 2 aromatic heterocycles. The lowest BCUT2D eigenvalue weighted by molar-refractivity contribution is 0.312. The molecular weight excluding hydrogens is 366 g/mol. The molecule has 8 nitrogen and oxygen atoms in total. The Morgan fingerprint density at radius 1 is 1.00 bits per heavy atom. The van der Waals surface area contributed by atoms with Gasteiger partial charge in [0.2, 0.25) is 0 Å². The summed E-state index contributed by atoms with van der Waals surface area (Å²) >= 11 is 0. The van der Waals surface area contributed by atoms with Crippen LogP contribution in [0.5, 0.6) is 5.75 Å². The van der Waals surface area contributed by atoms with Gasteiger partial charge in [-0.25, -0.2) is 0 Å². The number of nitrogens with zero attached hydrogens (tertiary/aromatic N) is 7. The second-order valence-corrected chi connectivity index (χ2v) is 8.39. The highest BCUT2D eigenvalue weighted by molar-refractivity contribution is 5.68. The van der Waals surface area contributed by atoms with E-state index in [0.29, 0.717) is 28.8 Å². The van der Waals surface area contributed by atoms with Crippen LogP contribution >= 0.6 is 0 Å². The van der Waals surface area contributed by atoms with E-state index in [2.05, 4.69) is 37.6 Å². The molecule has 3 aromatic rings. The Kier molecular flexibility index (Phi) is 4.41. The summed E-state index contributed by atoms with van der Waals surface area (Å²) in [6, 6.07) is 9.70. The number of fused-ring (bicyclic) bond motifs is 2. The van der Waals surface area contributed by atoms with Gasteiger partial charge in [-0.1, -0.05) is 12.8 Å². The zero-order chi connectivity index (χ0) is 20.0. The van der Waals surface area contributed by atoms with Crippen LogP contribution in [-0.2, 0) is 0 Å². The first-order valence-electron chi connectivity index (χ1n) is 10.2. The van der Waals surface area contributed by atoms with E-state index < -0.39 is 0 Å². The second-order valence-electron chi connectivity index (χ2n) is 8.39. The number of phenolic OH excluding ortho intramolecular Hbond substituents is 1. The van der Waals surface area contributed by atoms with Crippen molar-refractivity contribution >= 4 is 5.82 Å². The minimum absolute atomic E-state index is 0.108. The Hall–Kier alpha value is -3.03. The zero-order valence-electron chi connectivity index (χ0n) is 16.7. The molecular formula is C21H25N7O. The molecule has 2 bridgehead atoms. The monoisotopic (exact) mass is 391 g/mol. The first-order chi connectivity index (χ1) is 14.1. The average molecular weight is 391 g/mol. The Bertz CT molecular complexity index is 1000. The Morgan fingerprint density at radius 3 is 2.41 bits per heavy atom. The number of hydrogen-bond donors (Lipinski definition) is 1. The minimum Gasteiger partial charge on any atom is -0.507 e. The van der Waals surface area contributed by atoms with E-state index in [1.165, 1.54) is 36.9 Å². The molecule has 0 aliphatic heterocycles. The molecule has 2 aliphatic rings. The molecule has 2 saturated carbocycles. The van der Waals surface area contributed by atoms with Gasteiger partial charge in [0.15, 0.2) is 11.6 Å². The van der Waals surface area contributed by atoms with Gasteiger partial charge >= 0.3 is 0 Å². The third-order valence-electron chi connectivity index (χ3n) is 6.42. The maximum Gasteiger partial charge on any atom is 0.172 e. The predicted molar refractivity (Wildman–Crippen MR) is 109 cm³/mol. The van der Waals surface area contributed by atoms with E-state index >= 15 is 0 Å². The van der Waals surface area contributed by atoms with Gasteiger partial charge in [0.25, 0.3) is 0 Å². The molecule has 0 radical (unpaired) electrons. The molecule has 1 aromatic carbocycles. The fourth-order valence-electron chi connectivity index (χ4n) is 4.89. The highest BCUT2D eigenvalue weighted by Crippen LogP contribution is 2.43. The lowest BCUT2D eigenvalue weighted by Crippen LogP contribution is -2.37.